The van der Waals surface area contributed by atoms with Gasteiger partial charge in [0.1, 0.15) is 11.5 Å². The summed E-state index contributed by atoms with van der Waals surface area (Å²) in [6.07, 6.45) is 0.936. The van der Waals surface area contributed by atoms with Crippen molar-refractivity contribution in [1.82, 2.24) is 0 Å². The van der Waals surface area contributed by atoms with Gasteiger partial charge in [0.15, 0.2) is 0 Å². The topological polar surface area (TPSA) is 46.6 Å². The average molecular weight is 541 g/mol. The molecule has 4 nitrogen and oxygen atoms in total. The van der Waals surface area contributed by atoms with Gasteiger partial charge >= 0.3 is 0 Å². The maximum Gasteiger partial charge on any atom is 0.238 e. The maximum atomic E-state index is 13.2. The van der Waals surface area contributed by atoms with Gasteiger partial charge < -0.3 is 4.74 Å². The normalized spacial score (nSPS) is 31.5. The van der Waals surface area contributed by atoms with Gasteiger partial charge in [0.2, 0.25) is 11.8 Å². The van der Waals surface area contributed by atoms with Crippen molar-refractivity contribution in [1.29, 1.82) is 0 Å². The highest BCUT2D eigenvalue weighted by atomic mass is 79.9. The van der Waals surface area contributed by atoms with Crippen LogP contribution < -0.4 is 9.64 Å². The van der Waals surface area contributed by atoms with Crippen molar-refractivity contribution >= 4 is 60.1 Å². The number of anilines is 1. The molecule has 3 aromatic carbocycles. The minimum atomic E-state index is -0.204. The van der Waals surface area contributed by atoms with Crippen LogP contribution in [-0.4, -0.2) is 21.5 Å². The molecule has 6 atom stereocenters. The summed E-state index contributed by atoms with van der Waals surface area (Å²) in [5.41, 5.74) is 0.618. The van der Waals surface area contributed by atoms with E-state index in [2.05, 4.69) is 44.0 Å². The third kappa shape index (κ3) is 2.91. The molecule has 2 aliphatic carbocycles. The fourth-order valence-electron chi connectivity index (χ4n) is 5.63. The molecule has 156 valence electrons. The van der Waals surface area contributed by atoms with Crippen LogP contribution in [0.15, 0.2) is 66.7 Å². The summed E-state index contributed by atoms with van der Waals surface area (Å²) in [5, 5.41) is 2.27. The summed E-state index contributed by atoms with van der Waals surface area (Å²) in [6, 6.07) is 21.3. The van der Waals surface area contributed by atoms with E-state index in [9.17, 15) is 9.59 Å². The van der Waals surface area contributed by atoms with E-state index in [0.717, 1.165) is 22.9 Å². The van der Waals surface area contributed by atoms with Crippen molar-refractivity contribution in [3.8, 4) is 11.5 Å². The summed E-state index contributed by atoms with van der Waals surface area (Å²) >= 11 is 7.46. The Balaban J connectivity index is 1.24. The quantitative estimate of drug-likeness (QED) is 0.306. The van der Waals surface area contributed by atoms with E-state index >= 15 is 0 Å². The van der Waals surface area contributed by atoms with Gasteiger partial charge in [-0.15, -0.1) is 0 Å². The highest BCUT2D eigenvalue weighted by molar-refractivity contribution is 9.12. The second kappa shape index (κ2) is 7.17. The number of halogens is 2. The van der Waals surface area contributed by atoms with Gasteiger partial charge in [0, 0.05) is 9.65 Å². The molecular weight excluding hydrogens is 522 g/mol. The second-order valence-corrected chi connectivity index (χ2v) is 10.7. The lowest BCUT2D eigenvalue weighted by Gasteiger charge is -2.28. The van der Waals surface area contributed by atoms with Gasteiger partial charge in [0.05, 0.1) is 17.5 Å². The number of amides is 2. The molecule has 3 aromatic rings. The molecule has 1 saturated heterocycles. The molecule has 0 N–H and O–H groups in total. The highest BCUT2D eigenvalue weighted by Gasteiger charge is 2.66. The Morgan fingerprint density at radius 1 is 0.742 bits per heavy atom. The minimum absolute atomic E-state index is 0.0606. The molecule has 6 heteroatoms. The van der Waals surface area contributed by atoms with Crippen LogP contribution >= 0.6 is 31.9 Å². The van der Waals surface area contributed by atoms with Crippen LogP contribution in [0.25, 0.3) is 10.8 Å². The Bertz CT molecular complexity index is 1180. The van der Waals surface area contributed by atoms with Crippen LogP contribution in [0.5, 0.6) is 11.5 Å². The summed E-state index contributed by atoms with van der Waals surface area (Å²) in [7, 11) is 0. The SMILES string of the molecule is O=C1[C@@H]2[C@H]3C[C@@H]([C@H](Br)[C@H]3Br)[C@H]2C(=O)N1c1ccc(Oc2ccc3ccccc3c2)cc1. The molecule has 3 aliphatic rings. The Morgan fingerprint density at radius 3 is 1.97 bits per heavy atom. The summed E-state index contributed by atoms with van der Waals surface area (Å²) in [4.78, 5) is 28.2. The molecule has 1 aliphatic heterocycles. The lowest BCUT2D eigenvalue weighted by atomic mass is 9.81. The molecule has 3 fully saturated rings. The maximum absolute atomic E-state index is 13.2. The smallest absolute Gasteiger partial charge is 0.238 e. The first-order chi connectivity index (χ1) is 15.0. The molecule has 1 heterocycles. The Hall–Kier alpha value is -2.18. The number of carbonyl (C=O) groups is 2. The number of hydrogen-bond acceptors (Lipinski definition) is 3. The summed E-state index contributed by atoms with van der Waals surface area (Å²) in [5.74, 6) is 1.32. The largest absolute Gasteiger partial charge is 0.457 e. The Labute approximate surface area is 196 Å². The monoisotopic (exact) mass is 539 g/mol. The first-order valence-electron chi connectivity index (χ1n) is 10.5. The van der Waals surface area contributed by atoms with Gasteiger partial charge in [-0.25, -0.2) is 0 Å². The molecule has 2 bridgehead atoms. The van der Waals surface area contributed by atoms with Gasteiger partial charge in [-0.05, 0) is 65.4 Å². The van der Waals surface area contributed by atoms with E-state index < -0.39 is 0 Å². The second-order valence-electron chi connectivity index (χ2n) is 8.62. The number of nitrogens with zero attached hydrogens (tertiary/aromatic N) is 1. The van der Waals surface area contributed by atoms with E-state index in [1.54, 1.807) is 12.1 Å². The average Bonchev–Trinajstić information content (AvgIpc) is 3.39. The number of rotatable bonds is 3. The van der Waals surface area contributed by atoms with Gasteiger partial charge in [-0.1, -0.05) is 62.2 Å². The number of hydrogen-bond donors (Lipinski definition) is 0. The van der Waals surface area contributed by atoms with Crippen molar-refractivity contribution in [3.05, 3.63) is 66.7 Å². The zero-order chi connectivity index (χ0) is 21.3. The van der Waals surface area contributed by atoms with E-state index in [0.29, 0.717) is 11.4 Å². The van der Waals surface area contributed by atoms with Crippen molar-refractivity contribution < 1.29 is 14.3 Å². The van der Waals surface area contributed by atoms with E-state index in [4.69, 9.17) is 4.74 Å². The molecule has 2 amide bonds. The molecule has 0 aromatic heterocycles. The van der Waals surface area contributed by atoms with E-state index in [1.807, 2.05) is 42.5 Å². The first-order valence-corrected chi connectivity index (χ1v) is 12.3. The van der Waals surface area contributed by atoms with Crippen LogP contribution in [0.3, 0.4) is 0 Å². The lowest BCUT2D eigenvalue weighted by molar-refractivity contribution is -0.123. The molecule has 0 radical (unpaired) electrons. The predicted octanol–water partition coefficient (Wildman–Crippen LogP) is 5.91. The van der Waals surface area contributed by atoms with Crippen molar-refractivity contribution in [2.45, 2.75) is 16.1 Å². The third-order valence-electron chi connectivity index (χ3n) is 7.04. The van der Waals surface area contributed by atoms with Crippen LogP contribution in [0, 0.1) is 23.7 Å². The minimum Gasteiger partial charge on any atom is -0.457 e. The highest BCUT2D eigenvalue weighted by Crippen LogP contribution is 2.60. The number of alkyl halides is 2. The van der Waals surface area contributed by atoms with E-state index in [-0.39, 0.29) is 45.1 Å². The van der Waals surface area contributed by atoms with Gasteiger partial charge in [-0.3, -0.25) is 14.5 Å². The number of benzene rings is 3. The van der Waals surface area contributed by atoms with Crippen LogP contribution in [0.4, 0.5) is 5.69 Å². The summed E-state index contributed by atoms with van der Waals surface area (Å²) < 4.78 is 6.00. The number of carbonyl (C=O) groups excluding carboxylic acids is 2. The number of imide groups is 1. The standard InChI is InChI=1S/C25H19Br2NO3/c26-22-18-12-19(23(22)27)21-20(18)24(29)28(25(21)30)15-6-9-16(10-7-15)31-17-8-5-13-3-1-2-4-14(13)11-17/h1-11,18-23H,12H2/t18-,19-,20-,21-,22+,23+/m1/s1. The Morgan fingerprint density at radius 2 is 1.32 bits per heavy atom. The first kappa shape index (κ1) is 19.5. The number of fused-ring (bicyclic) bond motifs is 6. The predicted molar refractivity (Wildman–Crippen MR) is 127 cm³/mol. The Kier molecular flexibility index (Phi) is 4.51. The van der Waals surface area contributed by atoms with Gasteiger partial charge in [0.25, 0.3) is 0 Å². The van der Waals surface area contributed by atoms with E-state index in [1.165, 1.54) is 4.90 Å². The fraction of sp³-hybridized carbons (Fsp3) is 0.280. The summed E-state index contributed by atoms with van der Waals surface area (Å²) in [6.45, 7) is 0. The zero-order valence-corrected chi connectivity index (χ0v) is 19.6. The molecular formula is C25H19Br2NO3. The van der Waals surface area contributed by atoms with Crippen molar-refractivity contribution in [2.75, 3.05) is 4.90 Å². The molecule has 2 saturated carbocycles. The lowest BCUT2D eigenvalue weighted by Crippen LogP contribution is -2.37. The van der Waals surface area contributed by atoms with Crippen LogP contribution in [0.2, 0.25) is 0 Å². The fourth-order valence-corrected chi connectivity index (χ4v) is 7.51. The molecule has 0 unspecified atom stereocenters. The van der Waals surface area contributed by atoms with Crippen LogP contribution in [0.1, 0.15) is 6.42 Å². The third-order valence-corrected chi connectivity index (χ3v) is 10.2. The van der Waals surface area contributed by atoms with Crippen LogP contribution in [-0.2, 0) is 9.59 Å². The van der Waals surface area contributed by atoms with Gasteiger partial charge in [-0.2, -0.15) is 0 Å². The molecule has 6 rings (SSSR count). The van der Waals surface area contributed by atoms with Crippen molar-refractivity contribution in [2.24, 2.45) is 23.7 Å². The van der Waals surface area contributed by atoms with Crippen molar-refractivity contribution in [3.63, 3.8) is 0 Å². The number of ether oxygens (including phenoxy) is 1. The molecule has 31 heavy (non-hydrogen) atoms. The zero-order valence-electron chi connectivity index (χ0n) is 16.4. The molecule has 0 spiro atoms.